The summed E-state index contributed by atoms with van der Waals surface area (Å²) in [6.07, 6.45) is -4.28. The molecule has 0 fully saturated rings. The molecule has 106 valence electrons. The van der Waals surface area contributed by atoms with Gasteiger partial charge in [-0.05, 0) is 24.6 Å². The van der Waals surface area contributed by atoms with Crippen LogP contribution in [0, 0.1) is 0 Å². The van der Waals surface area contributed by atoms with Crippen molar-refractivity contribution in [3.05, 3.63) is 35.4 Å². The van der Waals surface area contributed by atoms with E-state index in [0.29, 0.717) is 12.1 Å². The van der Waals surface area contributed by atoms with E-state index in [4.69, 9.17) is 5.73 Å². The predicted molar refractivity (Wildman–Crippen MR) is 66.4 cm³/mol. The van der Waals surface area contributed by atoms with Gasteiger partial charge in [-0.3, -0.25) is 4.79 Å². The lowest BCUT2D eigenvalue weighted by Crippen LogP contribution is -2.37. The van der Waals surface area contributed by atoms with Gasteiger partial charge in [-0.15, -0.1) is 0 Å². The lowest BCUT2D eigenvalue weighted by molar-refractivity contribution is -0.137. The number of carbonyl (C=O) groups excluding carboxylic acids is 1. The number of rotatable bonds is 4. The van der Waals surface area contributed by atoms with Crippen molar-refractivity contribution in [2.75, 3.05) is 13.6 Å². The zero-order valence-electron chi connectivity index (χ0n) is 10.9. The van der Waals surface area contributed by atoms with E-state index in [0.717, 1.165) is 12.1 Å². The average molecular weight is 274 g/mol. The molecule has 0 radical (unpaired) electrons. The summed E-state index contributed by atoms with van der Waals surface area (Å²) in [5.41, 5.74) is 5.41. The minimum absolute atomic E-state index is 0.0708. The standard InChI is InChI=1S/C13H17F3N2O/c1-9(17)8-18(2)12(19)7-10-3-5-11(6-4-10)13(14,15)16/h3-6,9H,7-8,17H2,1-2H3. The second kappa shape index (κ2) is 6.06. The van der Waals surface area contributed by atoms with Crippen molar-refractivity contribution in [3.63, 3.8) is 0 Å². The molecule has 0 saturated heterocycles. The molecule has 6 heteroatoms. The molecule has 3 nitrogen and oxygen atoms in total. The molecule has 0 aliphatic rings. The van der Waals surface area contributed by atoms with Gasteiger partial charge in [0, 0.05) is 19.6 Å². The van der Waals surface area contributed by atoms with Crippen LogP contribution < -0.4 is 5.73 Å². The fourth-order valence-electron chi connectivity index (χ4n) is 1.65. The van der Waals surface area contributed by atoms with Gasteiger partial charge >= 0.3 is 6.18 Å². The van der Waals surface area contributed by atoms with Crippen LogP contribution >= 0.6 is 0 Å². The van der Waals surface area contributed by atoms with Crippen LogP contribution in [0.3, 0.4) is 0 Å². The summed E-state index contributed by atoms with van der Waals surface area (Å²) < 4.78 is 37.1. The first kappa shape index (κ1) is 15.5. The third-order valence-corrected chi connectivity index (χ3v) is 2.62. The van der Waals surface area contributed by atoms with Gasteiger partial charge < -0.3 is 10.6 Å². The summed E-state index contributed by atoms with van der Waals surface area (Å²) in [5, 5.41) is 0. The molecule has 1 aromatic rings. The molecule has 0 saturated carbocycles. The Morgan fingerprint density at radius 2 is 1.84 bits per heavy atom. The summed E-state index contributed by atoms with van der Waals surface area (Å²) in [4.78, 5) is 13.3. The molecule has 2 N–H and O–H groups in total. The normalized spacial score (nSPS) is 13.2. The van der Waals surface area contributed by atoms with Crippen molar-refractivity contribution in [2.45, 2.75) is 25.6 Å². The smallest absolute Gasteiger partial charge is 0.344 e. The predicted octanol–water partition coefficient (Wildman–Crippen LogP) is 2.05. The SMILES string of the molecule is CC(N)CN(C)C(=O)Cc1ccc(C(F)(F)F)cc1. The highest BCUT2D eigenvalue weighted by Gasteiger charge is 2.30. The summed E-state index contributed by atoms with van der Waals surface area (Å²) in [6.45, 7) is 2.20. The van der Waals surface area contributed by atoms with Crippen molar-refractivity contribution in [1.29, 1.82) is 0 Å². The average Bonchev–Trinajstić information content (AvgIpc) is 2.27. The molecular formula is C13H17F3N2O. The number of amides is 1. The maximum Gasteiger partial charge on any atom is 0.416 e. The minimum atomic E-state index is -4.35. The number of carbonyl (C=O) groups is 1. The van der Waals surface area contributed by atoms with Gasteiger partial charge in [-0.2, -0.15) is 13.2 Å². The molecule has 19 heavy (non-hydrogen) atoms. The van der Waals surface area contributed by atoms with Gasteiger partial charge in [0.1, 0.15) is 0 Å². The molecule has 0 heterocycles. The van der Waals surface area contributed by atoms with Crippen LogP contribution in [-0.4, -0.2) is 30.4 Å². The van der Waals surface area contributed by atoms with E-state index in [1.807, 2.05) is 0 Å². The van der Waals surface area contributed by atoms with Crippen LogP contribution in [0.2, 0.25) is 0 Å². The van der Waals surface area contributed by atoms with Crippen molar-refractivity contribution < 1.29 is 18.0 Å². The molecule has 1 aromatic carbocycles. The quantitative estimate of drug-likeness (QED) is 0.913. The molecule has 1 unspecified atom stereocenters. The first-order chi connectivity index (χ1) is 8.70. The second-order valence-corrected chi connectivity index (χ2v) is 4.62. The van der Waals surface area contributed by atoms with Crippen LogP contribution in [0.5, 0.6) is 0 Å². The molecule has 0 aliphatic carbocycles. The Morgan fingerprint density at radius 1 is 1.32 bits per heavy atom. The Kier molecular flexibility index (Phi) is 4.94. The van der Waals surface area contributed by atoms with Gasteiger partial charge in [0.05, 0.1) is 12.0 Å². The molecular weight excluding hydrogens is 257 g/mol. The van der Waals surface area contributed by atoms with Gasteiger partial charge in [0.2, 0.25) is 5.91 Å². The molecule has 0 aliphatic heterocycles. The van der Waals surface area contributed by atoms with E-state index in [9.17, 15) is 18.0 Å². The number of alkyl halides is 3. The number of benzene rings is 1. The van der Waals surface area contributed by atoms with Gasteiger partial charge in [-0.25, -0.2) is 0 Å². The topological polar surface area (TPSA) is 46.3 Å². The Labute approximate surface area is 110 Å². The largest absolute Gasteiger partial charge is 0.416 e. The molecule has 1 amide bonds. The van der Waals surface area contributed by atoms with Crippen molar-refractivity contribution >= 4 is 5.91 Å². The lowest BCUT2D eigenvalue weighted by atomic mass is 10.1. The van der Waals surface area contributed by atoms with Crippen molar-refractivity contribution in [3.8, 4) is 0 Å². The summed E-state index contributed by atoms with van der Waals surface area (Å²) >= 11 is 0. The third-order valence-electron chi connectivity index (χ3n) is 2.62. The number of nitrogens with two attached hydrogens (primary N) is 1. The summed E-state index contributed by atoms with van der Waals surface area (Å²) in [7, 11) is 1.62. The Morgan fingerprint density at radius 3 is 2.26 bits per heavy atom. The zero-order valence-corrected chi connectivity index (χ0v) is 10.9. The first-order valence-corrected chi connectivity index (χ1v) is 5.86. The molecule has 1 atom stereocenters. The molecule has 1 rings (SSSR count). The monoisotopic (exact) mass is 274 g/mol. The van der Waals surface area contributed by atoms with Crippen molar-refractivity contribution in [1.82, 2.24) is 4.90 Å². The highest BCUT2D eigenvalue weighted by atomic mass is 19.4. The summed E-state index contributed by atoms with van der Waals surface area (Å²) in [5.74, 6) is -0.169. The molecule has 0 bridgehead atoms. The van der Waals surface area contributed by atoms with E-state index >= 15 is 0 Å². The molecule has 0 spiro atoms. The van der Waals surface area contributed by atoms with Gasteiger partial charge in [0.15, 0.2) is 0 Å². The Bertz CT molecular complexity index is 427. The zero-order chi connectivity index (χ0) is 14.6. The van der Waals surface area contributed by atoms with E-state index < -0.39 is 11.7 Å². The van der Waals surface area contributed by atoms with E-state index in [1.165, 1.54) is 17.0 Å². The van der Waals surface area contributed by atoms with Crippen LogP contribution in [0.1, 0.15) is 18.1 Å². The number of hydrogen-bond acceptors (Lipinski definition) is 2. The summed E-state index contributed by atoms with van der Waals surface area (Å²) in [6, 6.07) is 4.46. The number of likely N-dealkylation sites (N-methyl/N-ethyl adjacent to an activating group) is 1. The number of nitrogens with zero attached hydrogens (tertiary/aromatic N) is 1. The highest BCUT2D eigenvalue weighted by Crippen LogP contribution is 2.29. The maximum atomic E-state index is 12.4. The van der Waals surface area contributed by atoms with Crippen LogP contribution in [0.25, 0.3) is 0 Å². The number of hydrogen-bond donors (Lipinski definition) is 1. The van der Waals surface area contributed by atoms with Crippen LogP contribution in [-0.2, 0) is 17.4 Å². The van der Waals surface area contributed by atoms with Crippen LogP contribution in [0.15, 0.2) is 24.3 Å². The van der Waals surface area contributed by atoms with Crippen LogP contribution in [0.4, 0.5) is 13.2 Å². The Balaban J connectivity index is 2.66. The maximum absolute atomic E-state index is 12.4. The van der Waals surface area contributed by atoms with E-state index in [-0.39, 0.29) is 18.4 Å². The fraction of sp³-hybridized carbons (Fsp3) is 0.462. The first-order valence-electron chi connectivity index (χ1n) is 5.86. The minimum Gasteiger partial charge on any atom is -0.344 e. The van der Waals surface area contributed by atoms with Gasteiger partial charge in [-0.1, -0.05) is 12.1 Å². The van der Waals surface area contributed by atoms with E-state index in [1.54, 1.807) is 14.0 Å². The van der Waals surface area contributed by atoms with Crippen molar-refractivity contribution in [2.24, 2.45) is 5.73 Å². The molecule has 0 aromatic heterocycles. The fourth-order valence-corrected chi connectivity index (χ4v) is 1.65. The van der Waals surface area contributed by atoms with E-state index in [2.05, 4.69) is 0 Å². The lowest BCUT2D eigenvalue weighted by Gasteiger charge is -2.19. The van der Waals surface area contributed by atoms with Gasteiger partial charge in [0.25, 0.3) is 0 Å². The highest BCUT2D eigenvalue weighted by molar-refractivity contribution is 5.78. The third kappa shape index (κ3) is 4.90. The second-order valence-electron chi connectivity index (χ2n) is 4.62. The number of halogens is 3. The Hall–Kier alpha value is -1.56.